The summed E-state index contributed by atoms with van der Waals surface area (Å²) < 4.78 is 5.88. The van der Waals surface area contributed by atoms with Crippen LogP contribution in [0.25, 0.3) is 22.0 Å². The molecule has 182 valence electrons. The fourth-order valence-corrected chi connectivity index (χ4v) is 5.25. The van der Waals surface area contributed by atoms with Crippen LogP contribution in [0.15, 0.2) is 71.3 Å². The number of fused-ring (bicyclic) bond motifs is 1. The van der Waals surface area contributed by atoms with Crippen LogP contribution in [0.4, 0.5) is 5.88 Å². The van der Waals surface area contributed by atoms with Crippen LogP contribution in [0.2, 0.25) is 10.0 Å². The first kappa shape index (κ1) is 24.2. The van der Waals surface area contributed by atoms with Crippen LogP contribution in [-0.4, -0.2) is 36.2 Å². The summed E-state index contributed by atoms with van der Waals surface area (Å²) in [5.74, 6) is 0.773. The SMILES string of the molecule is Clc1ccc(-c2cc(N(CCCN3CCCCCC3)Cc3cccc4ccccc34)on2)cc1Cl. The van der Waals surface area contributed by atoms with Gasteiger partial charge in [0.15, 0.2) is 0 Å². The Morgan fingerprint density at radius 1 is 0.857 bits per heavy atom. The van der Waals surface area contributed by atoms with Crippen LogP contribution in [0.5, 0.6) is 0 Å². The van der Waals surface area contributed by atoms with Gasteiger partial charge in [-0.3, -0.25) is 0 Å². The van der Waals surface area contributed by atoms with E-state index < -0.39 is 0 Å². The summed E-state index contributed by atoms with van der Waals surface area (Å²) in [6, 6.07) is 22.6. The predicted octanol–water partition coefficient (Wildman–Crippen LogP) is 8.07. The highest BCUT2D eigenvalue weighted by Crippen LogP contribution is 2.31. The van der Waals surface area contributed by atoms with E-state index in [-0.39, 0.29) is 0 Å². The molecule has 1 aliphatic rings. The van der Waals surface area contributed by atoms with E-state index in [0.717, 1.165) is 43.2 Å². The van der Waals surface area contributed by atoms with E-state index in [9.17, 15) is 0 Å². The monoisotopic (exact) mass is 507 g/mol. The molecule has 3 aromatic carbocycles. The molecule has 5 rings (SSSR count). The van der Waals surface area contributed by atoms with Crippen molar-refractivity contribution in [3.05, 3.63) is 82.3 Å². The van der Waals surface area contributed by atoms with Crippen molar-refractivity contribution in [3.8, 4) is 11.3 Å². The standard InChI is InChI=1S/C29H31Cl2N3O/c30-26-14-13-23(19-27(26)31)28-20-29(35-32-28)34(18-8-17-33-15-5-1-2-6-16-33)21-24-11-7-10-22-9-3-4-12-25(22)24/h3-4,7,9-14,19-20H,1-2,5-6,8,15-18,21H2. The Morgan fingerprint density at radius 2 is 1.66 bits per heavy atom. The molecular weight excluding hydrogens is 477 g/mol. The van der Waals surface area contributed by atoms with Gasteiger partial charge in [-0.2, -0.15) is 0 Å². The van der Waals surface area contributed by atoms with E-state index in [1.807, 2.05) is 18.2 Å². The van der Waals surface area contributed by atoms with Gasteiger partial charge in [0.1, 0.15) is 5.69 Å². The lowest BCUT2D eigenvalue weighted by Crippen LogP contribution is -2.30. The van der Waals surface area contributed by atoms with Crippen LogP contribution in [0, 0.1) is 0 Å². The molecule has 0 N–H and O–H groups in total. The van der Waals surface area contributed by atoms with Gasteiger partial charge in [0.05, 0.1) is 10.0 Å². The summed E-state index contributed by atoms with van der Waals surface area (Å²) in [5, 5.41) is 7.94. The van der Waals surface area contributed by atoms with Crippen LogP contribution < -0.4 is 4.90 Å². The highest BCUT2D eigenvalue weighted by molar-refractivity contribution is 6.42. The lowest BCUT2D eigenvalue weighted by Gasteiger charge is -2.25. The topological polar surface area (TPSA) is 32.5 Å². The maximum absolute atomic E-state index is 6.24. The minimum Gasteiger partial charge on any atom is -0.338 e. The first-order valence-electron chi connectivity index (χ1n) is 12.5. The number of benzene rings is 3. The number of rotatable bonds is 8. The largest absolute Gasteiger partial charge is 0.338 e. The number of hydrogen-bond donors (Lipinski definition) is 0. The summed E-state index contributed by atoms with van der Waals surface area (Å²) in [7, 11) is 0. The van der Waals surface area contributed by atoms with Crippen molar-refractivity contribution >= 4 is 39.9 Å². The first-order chi connectivity index (χ1) is 17.2. The quantitative estimate of drug-likeness (QED) is 0.241. The fourth-order valence-electron chi connectivity index (χ4n) is 4.95. The smallest absolute Gasteiger partial charge is 0.228 e. The Morgan fingerprint density at radius 3 is 2.49 bits per heavy atom. The first-order valence-corrected chi connectivity index (χ1v) is 13.3. The van der Waals surface area contributed by atoms with Crippen molar-refractivity contribution in [1.82, 2.24) is 10.1 Å². The van der Waals surface area contributed by atoms with Gasteiger partial charge in [-0.25, -0.2) is 0 Å². The molecule has 1 aliphatic heterocycles. The number of aromatic nitrogens is 1. The zero-order chi connectivity index (χ0) is 24.0. The lowest BCUT2D eigenvalue weighted by atomic mass is 10.0. The molecule has 0 saturated carbocycles. The van der Waals surface area contributed by atoms with Crippen LogP contribution in [0.1, 0.15) is 37.7 Å². The second-order valence-electron chi connectivity index (χ2n) is 9.35. The van der Waals surface area contributed by atoms with E-state index in [0.29, 0.717) is 10.0 Å². The van der Waals surface area contributed by atoms with Gasteiger partial charge in [-0.15, -0.1) is 0 Å². The van der Waals surface area contributed by atoms with Crippen molar-refractivity contribution in [2.24, 2.45) is 0 Å². The summed E-state index contributed by atoms with van der Waals surface area (Å²) in [4.78, 5) is 4.93. The summed E-state index contributed by atoms with van der Waals surface area (Å²) in [6.07, 6.45) is 6.43. The molecule has 4 nitrogen and oxygen atoms in total. The van der Waals surface area contributed by atoms with Gasteiger partial charge in [0, 0.05) is 24.7 Å². The molecule has 4 aromatic rings. The molecule has 0 bridgehead atoms. The number of halogens is 2. The van der Waals surface area contributed by atoms with Crippen molar-refractivity contribution in [2.75, 3.05) is 31.1 Å². The molecule has 0 radical (unpaired) electrons. The van der Waals surface area contributed by atoms with Crippen molar-refractivity contribution in [2.45, 2.75) is 38.6 Å². The minimum absolute atomic E-state index is 0.513. The molecule has 6 heteroatoms. The Labute approximate surface area is 217 Å². The van der Waals surface area contributed by atoms with Gasteiger partial charge in [0.25, 0.3) is 0 Å². The maximum Gasteiger partial charge on any atom is 0.228 e. The number of hydrogen-bond acceptors (Lipinski definition) is 4. The average molecular weight is 508 g/mol. The number of likely N-dealkylation sites (tertiary alicyclic amines) is 1. The Bertz CT molecular complexity index is 1260. The van der Waals surface area contributed by atoms with Crippen LogP contribution in [0.3, 0.4) is 0 Å². The van der Waals surface area contributed by atoms with Gasteiger partial charge in [-0.1, -0.05) is 89.7 Å². The van der Waals surface area contributed by atoms with Crippen molar-refractivity contribution in [1.29, 1.82) is 0 Å². The summed E-state index contributed by atoms with van der Waals surface area (Å²) >= 11 is 12.3. The van der Waals surface area contributed by atoms with Crippen molar-refractivity contribution in [3.63, 3.8) is 0 Å². The second-order valence-corrected chi connectivity index (χ2v) is 10.2. The molecule has 1 fully saturated rings. The Kier molecular flexibility index (Phi) is 7.92. The zero-order valence-electron chi connectivity index (χ0n) is 19.9. The number of nitrogens with zero attached hydrogens (tertiary/aromatic N) is 3. The van der Waals surface area contributed by atoms with Gasteiger partial charge >= 0.3 is 0 Å². The molecule has 0 amide bonds. The van der Waals surface area contributed by atoms with Crippen LogP contribution in [-0.2, 0) is 6.54 Å². The van der Waals surface area contributed by atoms with Gasteiger partial charge in [0.2, 0.25) is 5.88 Å². The molecular formula is C29H31Cl2N3O. The fraction of sp³-hybridized carbons (Fsp3) is 0.345. The van der Waals surface area contributed by atoms with Gasteiger partial charge < -0.3 is 14.3 Å². The molecule has 1 saturated heterocycles. The van der Waals surface area contributed by atoms with E-state index in [2.05, 4.69) is 57.4 Å². The third kappa shape index (κ3) is 6.00. The van der Waals surface area contributed by atoms with Crippen LogP contribution >= 0.6 is 23.2 Å². The second kappa shape index (κ2) is 11.5. The highest BCUT2D eigenvalue weighted by Gasteiger charge is 2.17. The van der Waals surface area contributed by atoms with E-state index in [1.54, 1.807) is 6.07 Å². The molecule has 0 unspecified atom stereocenters. The minimum atomic E-state index is 0.513. The van der Waals surface area contributed by atoms with E-state index in [4.69, 9.17) is 27.7 Å². The third-order valence-electron chi connectivity index (χ3n) is 6.87. The Balaban J connectivity index is 1.38. The lowest BCUT2D eigenvalue weighted by molar-refractivity contribution is 0.281. The Hall–Kier alpha value is -2.53. The molecule has 35 heavy (non-hydrogen) atoms. The van der Waals surface area contributed by atoms with Gasteiger partial charge in [-0.05, 0) is 67.4 Å². The molecule has 0 atom stereocenters. The summed E-state index contributed by atoms with van der Waals surface area (Å²) in [6.45, 7) is 5.20. The highest BCUT2D eigenvalue weighted by atomic mass is 35.5. The molecule has 0 spiro atoms. The maximum atomic E-state index is 6.24. The third-order valence-corrected chi connectivity index (χ3v) is 7.61. The molecule has 2 heterocycles. The molecule has 1 aromatic heterocycles. The van der Waals surface area contributed by atoms with E-state index in [1.165, 1.54) is 55.1 Å². The summed E-state index contributed by atoms with van der Waals surface area (Å²) in [5.41, 5.74) is 2.93. The average Bonchev–Trinajstić information content (AvgIpc) is 3.22. The zero-order valence-corrected chi connectivity index (χ0v) is 21.4. The predicted molar refractivity (Wildman–Crippen MR) is 146 cm³/mol. The normalized spacial score (nSPS) is 14.8. The molecule has 0 aliphatic carbocycles. The van der Waals surface area contributed by atoms with Crippen molar-refractivity contribution < 1.29 is 4.52 Å². The van der Waals surface area contributed by atoms with E-state index >= 15 is 0 Å². The number of anilines is 1.